The van der Waals surface area contributed by atoms with Crippen LogP contribution in [0.5, 0.6) is 17.4 Å². The molecule has 1 atom stereocenters. The molecule has 1 aliphatic heterocycles. The number of pyridine rings is 1. The summed E-state index contributed by atoms with van der Waals surface area (Å²) in [4.78, 5) is 32.7. The van der Waals surface area contributed by atoms with E-state index in [2.05, 4.69) is 37.1 Å². The molecule has 2 aromatic carbocycles. The summed E-state index contributed by atoms with van der Waals surface area (Å²) >= 11 is 0. The largest absolute Gasteiger partial charge is 0.497 e. The number of hydrogen-bond acceptors (Lipinski definition) is 10. The molecular weight excluding hydrogens is 610 g/mol. The Morgan fingerprint density at radius 2 is 1.73 bits per heavy atom. The molecule has 12 nitrogen and oxygen atoms in total. The van der Waals surface area contributed by atoms with E-state index in [1.165, 1.54) is 11.1 Å². The van der Waals surface area contributed by atoms with Crippen LogP contribution < -0.4 is 24.4 Å². The quantitative estimate of drug-likeness (QED) is 0.169. The summed E-state index contributed by atoms with van der Waals surface area (Å²) in [5.74, 6) is 2.03. The fourth-order valence-electron chi connectivity index (χ4n) is 6.19. The summed E-state index contributed by atoms with van der Waals surface area (Å²) in [5, 5.41) is 13.9. The molecule has 1 saturated heterocycles. The van der Waals surface area contributed by atoms with Crippen molar-refractivity contribution in [3.63, 3.8) is 0 Å². The molecule has 2 N–H and O–H groups in total. The van der Waals surface area contributed by atoms with E-state index in [4.69, 9.17) is 14.2 Å². The van der Waals surface area contributed by atoms with Crippen LogP contribution in [0.3, 0.4) is 0 Å². The Labute approximate surface area is 282 Å². The van der Waals surface area contributed by atoms with Gasteiger partial charge in [0, 0.05) is 50.6 Å². The lowest BCUT2D eigenvalue weighted by molar-refractivity contribution is 0.145. The summed E-state index contributed by atoms with van der Waals surface area (Å²) in [5.41, 5.74) is 5.03. The first kappa shape index (κ1) is 34.4. The van der Waals surface area contributed by atoms with Gasteiger partial charge in [-0.1, -0.05) is 17.7 Å². The number of amides is 1. The molecule has 1 amide bonds. The lowest BCUT2D eigenvalue weighted by Gasteiger charge is -2.33. The van der Waals surface area contributed by atoms with Crippen LogP contribution in [0.2, 0.25) is 0 Å². The summed E-state index contributed by atoms with van der Waals surface area (Å²) in [6.07, 6.45) is 2.91. The van der Waals surface area contributed by atoms with E-state index in [1.54, 1.807) is 50.7 Å². The van der Waals surface area contributed by atoms with Crippen LogP contribution in [0.25, 0.3) is 0 Å². The Kier molecular flexibility index (Phi) is 11.3. The molecular formula is C36H45N7O5. The van der Waals surface area contributed by atoms with Gasteiger partial charge < -0.3 is 34.4 Å². The van der Waals surface area contributed by atoms with Crippen molar-refractivity contribution in [1.82, 2.24) is 24.8 Å². The monoisotopic (exact) mass is 655 g/mol. The maximum Gasteiger partial charge on any atom is 0.413 e. The zero-order valence-corrected chi connectivity index (χ0v) is 28.6. The highest BCUT2D eigenvalue weighted by Crippen LogP contribution is 2.41. The standard InChI is InChI=1S/C36H45N7O5/c1-24-20-25(2)33(26(3)21-24)34(29-22-28(46-5)9-10-30(29)47-6)43(36(44)45)31-12-13-37-35(40-31)39-27-8-11-32(38-23-27)48-19-7-14-42-17-15-41(4)16-18-42/h8-13,20-23,34H,7,14-19H2,1-6H3,(H,44,45)(H,37,39,40). The van der Waals surface area contributed by atoms with Crippen LogP contribution in [0.15, 0.2) is 60.9 Å². The second-order valence-electron chi connectivity index (χ2n) is 12.1. The van der Waals surface area contributed by atoms with E-state index < -0.39 is 12.1 Å². The van der Waals surface area contributed by atoms with Crippen LogP contribution in [0.4, 0.5) is 22.2 Å². The molecule has 254 valence electrons. The number of methoxy groups -OCH3 is 2. The number of piperazine rings is 1. The van der Waals surface area contributed by atoms with Crippen molar-refractivity contribution in [3.8, 4) is 17.4 Å². The number of rotatable bonds is 13. The van der Waals surface area contributed by atoms with Gasteiger partial charge in [0.05, 0.1) is 38.8 Å². The van der Waals surface area contributed by atoms with Crippen LogP contribution in [0.1, 0.15) is 40.3 Å². The van der Waals surface area contributed by atoms with Crippen molar-refractivity contribution in [2.75, 3.05) is 70.8 Å². The van der Waals surface area contributed by atoms with Gasteiger partial charge in [-0.05, 0) is 81.3 Å². The van der Waals surface area contributed by atoms with E-state index in [9.17, 15) is 9.90 Å². The Bertz CT molecular complexity index is 1670. The van der Waals surface area contributed by atoms with E-state index >= 15 is 0 Å². The van der Waals surface area contributed by atoms with Crippen LogP contribution in [-0.4, -0.2) is 96.5 Å². The topological polar surface area (TPSA) is 125 Å². The number of ether oxygens (including phenoxy) is 3. The molecule has 1 aliphatic rings. The molecule has 0 radical (unpaired) electrons. The first-order valence-electron chi connectivity index (χ1n) is 16.1. The van der Waals surface area contributed by atoms with Gasteiger partial charge in [-0.25, -0.2) is 19.7 Å². The Balaban J connectivity index is 1.38. The number of nitrogens with one attached hydrogen (secondary N) is 1. The van der Waals surface area contributed by atoms with Crippen LogP contribution in [0, 0.1) is 20.8 Å². The second kappa shape index (κ2) is 15.8. The van der Waals surface area contributed by atoms with E-state index in [0.717, 1.165) is 61.4 Å². The normalized spacial score (nSPS) is 14.3. The number of carboxylic acid groups (broad SMARTS) is 1. The molecule has 2 aromatic heterocycles. The number of hydrogen-bond donors (Lipinski definition) is 2. The number of anilines is 3. The molecule has 12 heteroatoms. The predicted molar refractivity (Wildman–Crippen MR) is 186 cm³/mol. The molecule has 0 spiro atoms. The van der Waals surface area contributed by atoms with Crippen LogP contribution in [-0.2, 0) is 0 Å². The highest BCUT2D eigenvalue weighted by Gasteiger charge is 2.34. The van der Waals surface area contributed by atoms with Gasteiger partial charge >= 0.3 is 6.09 Å². The molecule has 3 heterocycles. The Morgan fingerprint density at radius 3 is 2.38 bits per heavy atom. The SMILES string of the molecule is COc1ccc(OC)c(C(c2c(C)cc(C)cc2C)N(C(=O)O)c2ccnc(Nc3ccc(OCCCN4CCN(C)CC4)nc3)n2)c1. The van der Waals surface area contributed by atoms with Gasteiger partial charge in [0.2, 0.25) is 11.8 Å². The Morgan fingerprint density at radius 1 is 0.979 bits per heavy atom. The number of likely N-dealkylation sites (N-methyl/N-ethyl adjacent to an activating group) is 1. The lowest BCUT2D eigenvalue weighted by Crippen LogP contribution is -2.44. The first-order chi connectivity index (χ1) is 23.2. The van der Waals surface area contributed by atoms with Gasteiger partial charge in [0.15, 0.2) is 0 Å². The first-order valence-corrected chi connectivity index (χ1v) is 16.1. The molecule has 5 rings (SSSR count). The van der Waals surface area contributed by atoms with Gasteiger partial charge in [0.25, 0.3) is 0 Å². The summed E-state index contributed by atoms with van der Waals surface area (Å²) in [6.45, 7) is 11.9. The minimum absolute atomic E-state index is 0.183. The molecule has 0 bridgehead atoms. The number of nitrogens with zero attached hydrogens (tertiary/aromatic N) is 6. The molecule has 1 unspecified atom stereocenters. The fourth-order valence-corrected chi connectivity index (χ4v) is 6.19. The van der Waals surface area contributed by atoms with Crippen molar-refractivity contribution < 1.29 is 24.1 Å². The minimum atomic E-state index is -1.19. The highest BCUT2D eigenvalue weighted by atomic mass is 16.5. The number of benzene rings is 2. The smallest absolute Gasteiger partial charge is 0.413 e. The molecule has 48 heavy (non-hydrogen) atoms. The maximum atomic E-state index is 13.2. The van der Waals surface area contributed by atoms with Crippen molar-refractivity contribution in [3.05, 3.63) is 88.7 Å². The third kappa shape index (κ3) is 8.31. The molecule has 0 saturated carbocycles. The van der Waals surface area contributed by atoms with Crippen LogP contribution >= 0.6 is 0 Å². The van der Waals surface area contributed by atoms with Crippen molar-refractivity contribution in [2.45, 2.75) is 33.2 Å². The van der Waals surface area contributed by atoms with Gasteiger partial charge in [-0.3, -0.25) is 0 Å². The third-order valence-electron chi connectivity index (χ3n) is 8.55. The Hall–Kier alpha value is -4.94. The van der Waals surface area contributed by atoms with Gasteiger partial charge in [0.1, 0.15) is 17.3 Å². The summed E-state index contributed by atoms with van der Waals surface area (Å²) in [7, 11) is 5.29. The average molecular weight is 656 g/mol. The average Bonchev–Trinajstić information content (AvgIpc) is 3.07. The molecule has 0 aliphatic carbocycles. The fraction of sp³-hybridized carbons (Fsp3) is 0.389. The van der Waals surface area contributed by atoms with E-state index in [-0.39, 0.29) is 11.8 Å². The molecule has 4 aromatic rings. The number of carbonyl (C=O) groups is 1. The zero-order chi connectivity index (χ0) is 34.2. The highest BCUT2D eigenvalue weighted by molar-refractivity contribution is 5.87. The number of aromatic nitrogens is 3. The van der Waals surface area contributed by atoms with Crippen molar-refractivity contribution in [1.29, 1.82) is 0 Å². The third-order valence-corrected chi connectivity index (χ3v) is 8.55. The van der Waals surface area contributed by atoms with E-state index in [1.807, 2.05) is 39.0 Å². The minimum Gasteiger partial charge on any atom is -0.497 e. The van der Waals surface area contributed by atoms with Crippen molar-refractivity contribution in [2.24, 2.45) is 0 Å². The summed E-state index contributed by atoms with van der Waals surface area (Å²) in [6, 6.07) is 13.8. The van der Waals surface area contributed by atoms with Gasteiger partial charge in [-0.15, -0.1) is 0 Å². The molecule has 1 fully saturated rings. The zero-order valence-electron chi connectivity index (χ0n) is 28.6. The van der Waals surface area contributed by atoms with E-state index in [0.29, 0.717) is 35.2 Å². The predicted octanol–water partition coefficient (Wildman–Crippen LogP) is 5.85. The second-order valence-corrected chi connectivity index (χ2v) is 12.1. The van der Waals surface area contributed by atoms with Gasteiger partial charge in [-0.2, -0.15) is 4.98 Å². The van der Waals surface area contributed by atoms with Crippen molar-refractivity contribution >= 4 is 23.5 Å². The summed E-state index contributed by atoms with van der Waals surface area (Å²) < 4.78 is 17.2. The number of aryl methyl sites for hydroxylation is 3. The lowest BCUT2D eigenvalue weighted by atomic mass is 9.88. The maximum absolute atomic E-state index is 13.2.